The van der Waals surface area contributed by atoms with Gasteiger partial charge in [-0.2, -0.15) is 31.4 Å². The van der Waals surface area contributed by atoms with E-state index < -0.39 is 91.0 Å². The molecule has 0 saturated carbocycles. The number of aryl methyl sites for hydroxylation is 2. The highest BCUT2D eigenvalue weighted by molar-refractivity contribution is 6.31. The highest BCUT2D eigenvalue weighted by Gasteiger charge is 2.42. The number of benzene rings is 5. The van der Waals surface area contributed by atoms with Crippen molar-refractivity contribution >= 4 is 47.0 Å². The lowest BCUT2D eigenvalue weighted by molar-refractivity contribution is -0.225. The second kappa shape index (κ2) is 33.1. The van der Waals surface area contributed by atoms with E-state index in [4.69, 9.17) is 37.8 Å². The number of hydrogen-bond donors (Lipinski definition) is 7. The maximum absolute atomic E-state index is 13.1. The molecule has 470 valence electrons. The molecule has 0 fully saturated rings. The number of rotatable bonds is 23. The average molecular weight is 1260 g/mol. The van der Waals surface area contributed by atoms with Gasteiger partial charge in [0.15, 0.2) is 24.0 Å². The summed E-state index contributed by atoms with van der Waals surface area (Å²) >= 11 is 12.2. The summed E-state index contributed by atoms with van der Waals surface area (Å²) < 4.78 is 90.6. The SMILES string of the molecule is C.CCC(O)C(F)(F)F.CCC(OC(=O)[C@H](O)C[C@@H](Cc1ccc(-c2cccc(Cl)c2)cc1)NC(=O)c1cc(=O)n(C)[nH]1)C(F)(F)F.COc1ccc(COc2cc(C(=O)N[C@H](Cc3ccc(-c4cccc(Cl)c4)cc3)C[C@@H](O)C(=O)O)nn2C)cc1. The molecule has 7 N–H and O–H groups in total. The predicted octanol–water partition coefficient (Wildman–Crippen LogP) is 10.5. The molecule has 0 saturated heterocycles. The topological polar surface area (TPSA) is 257 Å². The summed E-state index contributed by atoms with van der Waals surface area (Å²) in [6, 6.07) is 38.1. The smallest absolute Gasteiger partial charge is 0.425 e. The highest BCUT2D eigenvalue weighted by atomic mass is 35.5. The minimum atomic E-state index is -4.78. The third-order valence-electron chi connectivity index (χ3n) is 12.9. The lowest BCUT2D eigenvalue weighted by atomic mass is 9.97. The fourth-order valence-electron chi connectivity index (χ4n) is 8.23. The first kappa shape index (κ1) is 71.3. The molecule has 0 bridgehead atoms. The first-order valence-electron chi connectivity index (χ1n) is 26.5. The average Bonchev–Trinajstić information content (AvgIpc) is 3.57. The van der Waals surface area contributed by atoms with E-state index in [9.17, 15) is 65.6 Å². The van der Waals surface area contributed by atoms with Crippen LogP contribution < -0.4 is 25.7 Å². The van der Waals surface area contributed by atoms with Crippen LogP contribution >= 0.6 is 23.2 Å². The van der Waals surface area contributed by atoms with Gasteiger partial charge in [-0.25, -0.2) is 14.3 Å². The minimum absolute atomic E-state index is 0. The Morgan fingerprint density at radius 3 is 1.56 bits per heavy atom. The molecule has 0 aliphatic heterocycles. The van der Waals surface area contributed by atoms with E-state index in [-0.39, 0.29) is 44.7 Å². The number of carboxylic acid groups (broad SMARTS) is 1. The number of halogens is 8. The van der Waals surface area contributed by atoms with Gasteiger partial charge < -0.3 is 45.3 Å². The molecule has 7 rings (SSSR count). The van der Waals surface area contributed by atoms with E-state index in [1.54, 1.807) is 44.5 Å². The summed E-state index contributed by atoms with van der Waals surface area (Å²) in [5.74, 6) is -2.87. The number of carbonyl (C=O) groups is 4. The van der Waals surface area contributed by atoms with Crippen LogP contribution in [0.3, 0.4) is 0 Å². The van der Waals surface area contributed by atoms with Gasteiger partial charge >= 0.3 is 24.3 Å². The number of nitrogens with one attached hydrogen (secondary N) is 3. The number of carboxylic acids is 1. The molecule has 2 aromatic heterocycles. The summed E-state index contributed by atoms with van der Waals surface area (Å²) in [5.41, 5.74) is 5.77. The monoisotopic (exact) mass is 1260 g/mol. The second-order valence-corrected chi connectivity index (χ2v) is 20.4. The van der Waals surface area contributed by atoms with Gasteiger partial charge in [-0.05, 0) is 101 Å². The third-order valence-corrected chi connectivity index (χ3v) is 13.4. The van der Waals surface area contributed by atoms with Crippen LogP contribution in [0.2, 0.25) is 10.0 Å². The lowest BCUT2D eigenvalue weighted by Gasteiger charge is -2.24. The van der Waals surface area contributed by atoms with Crippen molar-refractivity contribution in [2.75, 3.05) is 7.11 Å². The Morgan fingerprint density at radius 2 is 1.15 bits per heavy atom. The van der Waals surface area contributed by atoms with Crippen molar-refractivity contribution in [1.29, 1.82) is 0 Å². The Balaban J connectivity index is 0.000000328. The Hall–Kier alpha value is -8.16. The van der Waals surface area contributed by atoms with Crippen LogP contribution in [-0.2, 0) is 47.9 Å². The molecular weight excluding hydrogens is 1190 g/mol. The number of aliphatic hydroxyl groups excluding tert-OH is 3. The van der Waals surface area contributed by atoms with Crippen molar-refractivity contribution < 1.29 is 80.2 Å². The molecule has 5 aromatic carbocycles. The molecule has 6 atom stereocenters. The number of ether oxygens (including phenoxy) is 3. The number of carbonyl (C=O) groups excluding carboxylic acids is 3. The number of aliphatic hydroxyl groups is 3. The minimum Gasteiger partial charge on any atom is -0.497 e. The fraction of sp³-hybridized carbons (Fsp3) is 0.344. The molecule has 0 radical (unpaired) electrons. The summed E-state index contributed by atoms with van der Waals surface area (Å²) in [5, 5.41) is 51.2. The summed E-state index contributed by atoms with van der Waals surface area (Å²) in [7, 11) is 4.68. The van der Waals surface area contributed by atoms with Gasteiger partial charge in [0.1, 0.15) is 24.2 Å². The van der Waals surface area contributed by atoms with Gasteiger partial charge in [0.05, 0.1) is 7.11 Å². The quantitative estimate of drug-likeness (QED) is 0.0233. The van der Waals surface area contributed by atoms with Crippen LogP contribution in [-0.4, -0.2) is 120 Å². The van der Waals surface area contributed by atoms with Gasteiger partial charge in [-0.15, -0.1) is 0 Å². The predicted molar refractivity (Wildman–Crippen MR) is 314 cm³/mol. The maximum Gasteiger partial charge on any atom is 0.425 e. The fourth-order valence-corrected chi connectivity index (χ4v) is 8.61. The zero-order valence-corrected chi connectivity index (χ0v) is 48.5. The van der Waals surface area contributed by atoms with Crippen LogP contribution in [0.1, 0.15) is 84.6 Å². The van der Waals surface area contributed by atoms with Crippen LogP contribution in [0.25, 0.3) is 22.3 Å². The van der Waals surface area contributed by atoms with E-state index >= 15 is 0 Å². The Bertz CT molecular complexity index is 3400. The summed E-state index contributed by atoms with van der Waals surface area (Å²) in [6.07, 6.45) is -18.2. The molecule has 26 heteroatoms. The third kappa shape index (κ3) is 22.6. The number of aliphatic carboxylic acids is 1. The van der Waals surface area contributed by atoms with Crippen molar-refractivity contribution in [2.24, 2.45) is 14.1 Å². The van der Waals surface area contributed by atoms with Gasteiger partial charge in [0.25, 0.3) is 17.4 Å². The number of esters is 1. The Morgan fingerprint density at radius 1 is 0.655 bits per heavy atom. The number of nitrogens with zero attached hydrogens (tertiary/aromatic N) is 3. The maximum atomic E-state index is 13.1. The molecule has 7 aromatic rings. The second-order valence-electron chi connectivity index (χ2n) is 19.5. The number of aromatic nitrogens is 4. The van der Waals surface area contributed by atoms with Crippen molar-refractivity contribution in [3.8, 4) is 33.9 Å². The van der Waals surface area contributed by atoms with Gasteiger partial charge in [-0.3, -0.25) is 24.2 Å². The Labute approximate surface area is 507 Å². The number of aromatic amines is 1. The first-order chi connectivity index (χ1) is 40.6. The van der Waals surface area contributed by atoms with Crippen LogP contribution in [0.5, 0.6) is 11.6 Å². The van der Waals surface area contributed by atoms with Gasteiger partial charge in [0, 0.05) is 61.2 Å². The van der Waals surface area contributed by atoms with E-state index in [0.29, 0.717) is 27.9 Å². The van der Waals surface area contributed by atoms with Crippen LogP contribution in [0.15, 0.2) is 138 Å². The number of methoxy groups -OCH3 is 1. The molecule has 2 unspecified atom stereocenters. The number of hydrogen-bond acceptors (Lipinski definition) is 12. The molecule has 0 aliphatic carbocycles. The molecule has 2 heterocycles. The first-order valence-corrected chi connectivity index (χ1v) is 27.3. The van der Waals surface area contributed by atoms with Crippen molar-refractivity contribution in [3.63, 3.8) is 0 Å². The van der Waals surface area contributed by atoms with E-state index in [1.807, 2.05) is 91.0 Å². The Kier molecular flexibility index (Phi) is 27.1. The van der Waals surface area contributed by atoms with E-state index in [1.165, 1.54) is 31.6 Å². The zero-order valence-electron chi connectivity index (χ0n) is 47.0. The lowest BCUT2D eigenvalue weighted by Crippen LogP contribution is -2.43. The largest absolute Gasteiger partial charge is 0.497 e. The number of alkyl halides is 6. The molecule has 0 aliphatic rings. The zero-order chi connectivity index (χ0) is 63.5. The molecule has 0 spiro atoms. The number of amides is 2. The van der Waals surface area contributed by atoms with E-state index in [0.717, 1.165) is 49.9 Å². The molecular formula is C61H68Cl2F6N6O12. The molecule has 87 heavy (non-hydrogen) atoms. The summed E-state index contributed by atoms with van der Waals surface area (Å²) in [4.78, 5) is 61.1. The van der Waals surface area contributed by atoms with Crippen LogP contribution in [0, 0.1) is 0 Å². The van der Waals surface area contributed by atoms with Crippen molar-refractivity contribution in [2.45, 2.75) is 115 Å². The molecule has 2 amide bonds. The van der Waals surface area contributed by atoms with Crippen molar-refractivity contribution in [1.82, 2.24) is 30.2 Å². The standard InChI is InChI=1S/C30H30ClN3O6.C26H27ClF3N3O5.C4H7F3O.CH4/c1-34-28(40-18-20-8-12-25(39-2)13-9-20)17-26(33-34)29(36)32-24(16-27(35)30(37)38)14-19-6-10-21(11-7-19)22-4-3-5-23(31)15-22;1-3-22(26(28,29)30)38-25(37)21(34)13-19(31-24(36)20-14-23(35)33(2)32-20)11-15-7-9-16(10-8-15)17-5-4-6-18(27)12-17;1-2-3(8)4(5,6)7;/h3-13,15,17,24,27,35H,14,16,18H2,1-2H3,(H,32,36)(H,37,38);4-10,12,14,19,21-22,32,34H,3,11,13H2,1-2H3,(H,31,36);3,8H,2H2,1H3;1H4/t24-,27-;19-,21-,22?;;/m11../s1. The normalized spacial score (nSPS) is 13.3. The van der Waals surface area contributed by atoms with Crippen molar-refractivity contribution in [3.05, 3.63) is 182 Å². The van der Waals surface area contributed by atoms with Crippen LogP contribution in [0.4, 0.5) is 26.3 Å². The number of H-pyrrole nitrogens is 1. The van der Waals surface area contributed by atoms with E-state index in [2.05, 4.69) is 25.6 Å². The molecule has 18 nitrogen and oxygen atoms in total. The van der Waals surface area contributed by atoms with Gasteiger partial charge in [-0.1, -0.05) is 129 Å². The highest BCUT2D eigenvalue weighted by Crippen LogP contribution is 2.28. The van der Waals surface area contributed by atoms with Gasteiger partial charge in [0.2, 0.25) is 5.88 Å². The summed E-state index contributed by atoms with van der Waals surface area (Å²) in [6.45, 7) is 2.75.